The number of nitrogens with one attached hydrogen (secondary N) is 1. The number of thiophene rings is 1. The van der Waals surface area contributed by atoms with Crippen LogP contribution in [0.15, 0.2) is 41.5 Å². The lowest BCUT2D eigenvalue weighted by molar-refractivity contribution is -0.126. The number of amides is 2. The fraction of sp³-hybridized carbons (Fsp3) is 0.316. The number of carbonyl (C=O) groups is 2. The maximum atomic E-state index is 12.3. The molecule has 1 aliphatic heterocycles. The molecule has 1 fully saturated rings. The second-order valence-corrected chi connectivity index (χ2v) is 7.43. The van der Waals surface area contributed by atoms with Crippen LogP contribution in [0.2, 0.25) is 0 Å². The van der Waals surface area contributed by atoms with E-state index in [-0.39, 0.29) is 24.2 Å². The molecule has 5 nitrogen and oxygen atoms in total. The molecule has 6 heteroatoms. The fourth-order valence-corrected chi connectivity index (χ4v) is 3.57. The molecule has 3 rings (SSSR count). The Balaban J connectivity index is 1.59. The number of hydrazone groups is 1. The first-order valence-electron chi connectivity index (χ1n) is 8.35. The van der Waals surface area contributed by atoms with E-state index in [1.165, 1.54) is 10.4 Å². The molecule has 1 saturated heterocycles. The number of benzene rings is 1. The van der Waals surface area contributed by atoms with E-state index in [2.05, 4.69) is 17.5 Å². The first kappa shape index (κ1) is 17.4. The second-order valence-electron chi connectivity index (χ2n) is 6.11. The minimum absolute atomic E-state index is 0.0257. The van der Waals surface area contributed by atoms with E-state index in [1.807, 2.05) is 43.3 Å². The van der Waals surface area contributed by atoms with Crippen molar-refractivity contribution in [1.82, 2.24) is 5.43 Å². The number of anilines is 1. The van der Waals surface area contributed by atoms with E-state index in [0.29, 0.717) is 6.54 Å². The van der Waals surface area contributed by atoms with Crippen LogP contribution in [0, 0.1) is 12.8 Å². The van der Waals surface area contributed by atoms with Gasteiger partial charge in [0.25, 0.3) is 0 Å². The molecular weight excluding hydrogens is 334 g/mol. The zero-order valence-electron chi connectivity index (χ0n) is 14.4. The molecule has 2 amide bonds. The number of hydrogen-bond donors (Lipinski definition) is 1. The number of nitrogens with zero attached hydrogens (tertiary/aromatic N) is 2. The molecule has 1 unspecified atom stereocenters. The number of aryl methyl sites for hydroxylation is 2. The van der Waals surface area contributed by atoms with Gasteiger partial charge in [-0.1, -0.05) is 19.1 Å². The third kappa shape index (κ3) is 4.14. The topological polar surface area (TPSA) is 61.8 Å². The van der Waals surface area contributed by atoms with Crippen LogP contribution in [0.4, 0.5) is 5.69 Å². The SMILES string of the molecule is CCc1ccc(N2CC(C(=O)N/N=C/c3ccc(C)s3)CC2=O)cc1. The van der Waals surface area contributed by atoms with Gasteiger partial charge in [0, 0.05) is 28.4 Å². The summed E-state index contributed by atoms with van der Waals surface area (Å²) in [5.74, 6) is -0.617. The summed E-state index contributed by atoms with van der Waals surface area (Å²) in [6.07, 6.45) is 2.81. The molecule has 0 aliphatic carbocycles. The predicted octanol–water partition coefficient (Wildman–Crippen LogP) is 3.12. The van der Waals surface area contributed by atoms with Gasteiger partial charge in [-0.05, 0) is 43.2 Å². The second kappa shape index (κ2) is 7.61. The van der Waals surface area contributed by atoms with Crippen molar-refractivity contribution in [2.24, 2.45) is 11.0 Å². The van der Waals surface area contributed by atoms with Gasteiger partial charge < -0.3 is 4.90 Å². The molecule has 0 bridgehead atoms. The Kier molecular flexibility index (Phi) is 5.28. The van der Waals surface area contributed by atoms with Crippen molar-refractivity contribution in [2.75, 3.05) is 11.4 Å². The normalized spacial score (nSPS) is 17.4. The molecule has 25 heavy (non-hydrogen) atoms. The van der Waals surface area contributed by atoms with Gasteiger partial charge >= 0.3 is 0 Å². The highest BCUT2D eigenvalue weighted by Crippen LogP contribution is 2.25. The zero-order chi connectivity index (χ0) is 17.8. The molecule has 0 saturated carbocycles. The molecule has 1 atom stereocenters. The van der Waals surface area contributed by atoms with E-state index >= 15 is 0 Å². The Hall–Kier alpha value is -2.47. The van der Waals surface area contributed by atoms with Crippen molar-refractivity contribution in [3.63, 3.8) is 0 Å². The highest BCUT2D eigenvalue weighted by molar-refractivity contribution is 7.13. The van der Waals surface area contributed by atoms with Crippen LogP contribution in [0.1, 0.15) is 28.7 Å². The van der Waals surface area contributed by atoms with Gasteiger partial charge in [-0.25, -0.2) is 5.43 Å². The molecule has 0 spiro atoms. The lowest BCUT2D eigenvalue weighted by Gasteiger charge is -2.16. The van der Waals surface area contributed by atoms with Crippen LogP contribution >= 0.6 is 11.3 Å². The van der Waals surface area contributed by atoms with Crippen molar-refractivity contribution in [3.8, 4) is 0 Å². The fourth-order valence-electron chi connectivity index (χ4n) is 2.82. The molecule has 1 N–H and O–H groups in total. The quantitative estimate of drug-likeness (QED) is 0.662. The van der Waals surface area contributed by atoms with Crippen LogP contribution in [-0.4, -0.2) is 24.6 Å². The van der Waals surface area contributed by atoms with Gasteiger partial charge in [-0.15, -0.1) is 11.3 Å². The summed E-state index contributed by atoms with van der Waals surface area (Å²) in [5, 5.41) is 4.00. The number of hydrogen-bond acceptors (Lipinski definition) is 4. The summed E-state index contributed by atoms with van der Waals surface area (Å²) in [7, 11) is 0. The number of carbonyl (C=O) groups excluding carboxylic acids is 2. The summed E-state index contributed by atoms with van der Waals surface area (Å²) in [6, 6.07) is 11.9. The maximum absolute atomic E-state index is 12.3. The Bertz CT molecular complexity index is 795. The van der Waals surface area contributed by atoms with E-state index in [0.717, 1.165) is 17.0 Å². The standard InChI is InChI=1S/C19H21N3O2S/c1-3-14-5-7-16(8-6-14)22-12-15(10-18(22)23)19(24)21-20-11-17-9-4-13(2)25-17/h4-9,11,15H,3,10,12H2,1-2H3,(H,21,24)/b20-11+. The molecule has 1 aliphatic rings. The molecule has 2 aromatic rings. The molecule has 130 valence electrons. The molecule has 1 aromatic carbocycles. The minimum atomic E-state index is -0.374. The molecule has 0 radical (unpaired) electrons. The van der Waals surface area contributed by atoms with Crippen molar-refractivity contribution in [2.45, 2.75) is 26.7 Å². The van der Waals surface area contributed by atoms with Gasteiger partial charge in [-0.2, -0.15) is 5.10 Å². The van der Waals surface area contributed by atoms with Crippen LogP contribution in [0.25, 0.3) is 0 Å². The Morgan fingerprint density at radius 1 is 1.32 bits per heavy atom. The summed E-state index contributed by atoms with van der Waals surface area (Å²) in [5.41, 5.74) is 4.62. The summed E-state index contributed by atoms with van der Waals surface area (Å²) >= 11 is 1.61. The Morgan fingerprint density at radius 3 is 2.72 bits per heavy atom. The average Bonchev–Trinajstić information content (AvgIpc) is 3.20. The van der Waals surface area contributed by atoms with Crippen molar-refractivity contribution >= 4 is 35.1 Å². The highest BCUT2D eigenvalue weighted by Gasteiger charge is 2.35. The zero-order valence-corrected chi connectivity index (χ0v) is 15.2. The average molecular weight is 355 g/mol. The molecular formula is C19H21N3O2S. The van der Waals surface area contributed by atoms with Gasteiger partial charge in [0.05, 0.1) is 12.1 Å². The first-order chi connectivity index (χ1) is 12.1. The van der Waals surface area contributed by atoms with Gasteiger partial charge in [0.15, 0.2) is 0 Å². The van der Waals surface area contributed by atoms with E-state index in [1.54, 1.807) is 22.5 Å². The minimum Gasteiger partial charge on any atom is -0.312 e. The first-order valence-corrected chi connectivity index (χ1v) is 9.17. The van der Waals surface area contributed by atoms with Gasteiger partial charge in [0.1, 0.15) is 0 Å². The predicted molar refractivity (Wildman–Crippen MR) is 101 cm³/mol. The largest absolute Gasteiger partial charge is 0.312 e. The van der Waals surface area contributed by atoms with E-state index < -0.39 is 0 Å². The van der Waals surface area contributed by atoms with Crippen LogP contribution in [0.3, 0.4) is 0 Å². The summed E-state index contributed by atoms with van der Waals surface area (Å²) in [4.78, 5) is 28.4. The lowest BCUT2D eigenvalue weighted by atomic mass is 10.1. The maximum Gasteiger partial charge on any atom is 0.245 e. The van der Waals surface area contributed by atoms with Gasteiger partial charge in [0.2, 0.25) is 11.8 Å². The third-order valence-corrected chi connectivity index (χ3v) is 5.22. The summed E-state index contributed by atoms with van der Waals surface area (Å²) in [6.45, 7) is 4.50. The molecule has 2 heterocycles. The van der Waals surface area contributed by atoms with Gasteiger partial charge in [-0.3, -0.25) is 9.59 Å². The van der Waals surface area contributed by atoms with Crippen molar-refractivity contribution in [1.29, 1.82) is 0 Å². The van der Waals surface area contributed by atoms with Crippen molar-refractivity contribution in [3.05, 3.63) is 51.7 Å². The smallest absolute Gasteiger partial charge is 0.245 e. The van der Waals surface area contributed by atoms with Crippen LogP contribution in [-0.2, 0) is 16.0 Å². The lowest BCUT2D eigenvalue weighted by Crippen LogP contribution is -2.30. The summed E-state index contributed by atoms with van der Waals surface area (Å²) < 4.78 is 0. The Labute approximate surface area is 151 Å². The van der Waals surface area contributed by atoms with Crippen LogP contribution in [0.5, 0.6) is 0 Å². The van der Waals surface area contributed by atoms with E-state index in [4.69, 9.17) is 0 Å². The van der Waals surface area contributed by atoms with E-state index in [9.17, 15) is 9.59 Å². The monoisotopic (exact) mass is 355 g/mol. The van der Waals surface area contributed by atoms with Crippen molar-refractivity contribution < 1.29 is 9.59 Å². The van der Waals surface area contributed by atoms with Crippen LogP contribution < -0.4 is 10.3 Å². The highest BCUT2D eigenvalue weighted by atomic mass is 32.1. The third-order valence-electron chi connectivity index (χ3n) is 4.28. The molecule has 1 aromatic heterocycles. The number of rotatable bonds is 5. The Morgan fingerprint density at radius 2 is 2.08 bits per heavy atom.